The Bertz CT molecular complexity index is 367. The van der Waals surface area contributed by atoms with Gasteiger partial charge in [0.15, 0.2) is 0 Å². The highest BCUT2D eigenvalue weighted by Gasteiger charge is 2.26. The van der Waals surface area contributed by atoms with Crippen molar-refractivity contribution in [3.8, 4) is 0 Å². The molecule has 1 atom stereocenters. The molecule has 0 aliphatic carbocycles. The van der Waals surface area contributed by atoms with Crippen LogP contribution in [0.4, 0.5) is 0 Å². The molecule has 4 nitrogen and oxygen atoms in total. The number of hydrogen-bond acceptors (Lipinski definition) is 3. The first kappa shape index (κ1) is 12.1. The summed E-state index contributed by atoms with van der Waals surface area (Å²) in [4.78, 5) is 13.5. The summed E-state index contributed by atoms with van der Waals surface area (Å²) >= 11 is 0. The molecule has 2 N–H and O–H groups in total. The lowest BCUT2D eigenvalue weighted by Crippen LogP contribution is -2.43. The maximum absolute atomic E-state index is 11.6. The molecule has 1 aromatic rings. The lowest BCUT2D eigenvalue weighted by atomic mass is 10.1. The summed E-state index contributed by atoms with van der Waals surface area (Å²) in [7, 11) is 0. The van der Waals surface area contributed by atoms with Gasteiger partial charge < -0.3 is 15.4 Å². The van der Waals surface area contributed by atoms with Crippen LogP contribution >= 0.6 is 0 Å². The van der Waals surface area contributed by atoms with Crippen LogP contribution in [0.1, 0.15) is 18.1 Å². The smallest absolute Gasteiger partial charge is 0.248 e. The molecule has 1 fully saturated rings. The van der Waals surface area contributed by atoms with Crippen LogP contribution in [0.25, 0.3) is 0 Å². The van der Waals surface area contributed by atoms with Gasteiger partial charge in [-0.15, -0.1) is 0 Å². The normalized spacial score (nSPS) is 20.6. The van der Waals surface area contributed by atoms with Crippen molar-refractivity contribution in [1.29, 1.82) is 0 Å². The second-order valence-electron chi connectivity index (χ2n) is 4.19. The summed E-state index contributed by atoms with van der Waals surface area (Å²) in [5.74, 6) is 0.0608. The van der Waals surface area contributed by atoms with Gasteiger partial charge in [0, 0.05) is 6.54 Å². The number of ether oxygens (including phenoxy) is 1. The third kappa shape index (κ3) is 3.05. The number of amides is 1. The second kappa shape index (κ2) is 5.80. The molecule has 2 rings (SSSR count). The number of morpholine rings is 1. The van der Waals surface area contributed by atoms with Gasteiger partial charge >= 0.3 is 0 Å². The number of carbonyl (C=O) groups excluding carboxylic acids is 1. The Morgan fingerprint density at radius 2 is 2.12 bits per heavy atom. The van der Waals surface area contributed by atoms with E-state index in [1.165, 1.54) is 0 Å². The molecule has 1 aliphatic rings. The highest BCUT2D eigenvalue weighted by molar-refractivity contribution is 5.78. The van der Waals surface area contributed by atoms with Crippen LogP contribution in [0.2, 0.25) is 0 Å². The Morgan fingerprint density at radius 3 is 2.82 bits per heavy atom. The van der Waals surface area contributed by atoms with Gasteiger partial charge in [-0.05, 0) is 18.5 Å². The van der Waals surface area contributed by atoms with Crippen LogP contribution in [0, 0.1) is 0 Å². The van der Waals surface area contributed by atoms with E-state index >= 15 is 0 Å². The van der Waals surface area contributed by atoms with Crippen LogP contribution < -0.4 is 5.73 Å². The van der Waals surface area contributed by atoms with E-state index < -0.39 is 0 Å². The minimum absolute atomic E-state index is 0.00771. The fourth-order valence-corrected chi connectivity index (χ4v) is 1.99. The zero-order valence-corrected chi connectivity index (χ0v) is 9.84. The highest BCUT2D eigenvalue weighted by atomic mass is 16.5. The molecule has 0 aromatic heterocycles. The summed E-state index contributed by atoms with van der Waals surface area (Å²) in [5, 5.41) is 0. The molecule has 1 heterocycles. The van der Waals surface area contributed by atoms with Gasteiger partial charge in [0.25, 0.3) is 0 Å². The molecule has 4 heteroatoms. The number of hydrogen-bond donors (Lipinski definition) is 1. The lowest BCUT2D eigenvalue weighted by Gasteiger charge is -2.33. The van der Waals surface area contributed by atoms with Crippen LogP contribution in [0.5, 0.6) is 0 Å². The maximum Gasteiger partial charge on any atom is 0.248 e. The molecule has 0 saturated carbocycles. The lowest BCUT2D eigenvalue weighted by molar-refractivity contribution is -0.149. The SMILES string of the molecule is NCCCN1CC(c2ccccc2)OCC1=O. The summed E-state index contributed by atoms with van der Waals surface area (Å²) in [5.41, 5.74) is 6.59. The van der Waals surface area contributed by atoms with Gasteiger partial charge in [0.05, 0.1) is 6.54 Å². The van der Waals surface area contributed by atoms with E-state index in [1.54, 1.807) is 0 Å². The maximum atomic E-state index is 11.6. The van der Waals surface area contributed by atoms with Crippen LogP contribution in [-0.4, -0.2) is 37.0 Å². The minimum atomic E-state index is -0.00771. The van der Waals surface area contributed by atoms with E-state index in [0.29, 0.717) is 13.1 Å². The molecular formula is C13H18N2O2. The number of nitrogens with zero attached hydrogens (tertiary/aromatic N) is 1. The Morgan fingerprint density at radius 1 is 1.35 bits per heavy atom. The predicted octanol–water partition coefficient (Wildman–Crippen LogP) is 0.935. The largest absolute Gasteiger partial charge is 0.362 e. The Kier molecular flexibility index (Phi) is 4.12. The first-order chi connectivity index (χ1) is 8.31. The van der Waals surface area contributed by atoms with Gasteiger partial charge in [-0.1, -0.05) is 30.3 Å². The standard InChI is InChI=1S/C13H18N2O2/c14-7-4-8-15-9-12(17-10-13(15)16)11-5-2-1-3-6-11/h1-3,5-6,12H,4,7-10,14H2. The predicted molar refractivity (Wildman–Crippen MR) is 65.4 cm³/mol. The van der Waals surface area contributed by atoms with Gasteiger partial charge in [-0.3, -0.25) is 4.79 Å². The average Bonchev–Trinajstić information content (AvgIpc) is 2.39. The summed E-state index contributed by atoms with van der Waals surface area (Å²) in [6, 6.07) is 10.0. The quantitative estimate of drug-likeness (QED) is 0.843. The van der Waals surface area contributed by atoms with Crippen LogP contribution in [0.15, 0.2) is 30.3 Å². The van der Waals surface area contributed by atoms with Gasteiger partial charge in [0.2, 0.25) is 5.91 Å². The van der Waals surface area contributed by atoms with Crippen molar-refractivity contribution in [3.05, 3.63) is 35.9 Å². The first-order valence-electron chi connectivity index (χ1n) is 5.95. The monoisotopic (exact) mass is 234 g/mol. The second-order valence-corrected chi connectivity index (χ2v) is 4.19. The summed E-state index contributed by atoms with van der Waals surface area (Å²) in [6.07, 6.45) is 0.833. The fraction of sp³-hybridized carbons (Fsp3) is 0.462. The molecule has 1 aliphatic heterocycles. The Balaban J connectivity index is 2.00. The Labute approximate surface area is 101 Å². The zero-order valence-electron chi connectivity index (χ0n) is 9.84. The van der Waals surface area contributed by atoms with E-state index in [2.05, 4.69) is 0 Å². The molecule has 92 valence electrons. The van der Waals surface area contributed by atoms with Crippen molar-refractivity contribution in [3.63, 3.8) is 0 Å². The van der Waals surface area contributed by atoms with E-state index in [-0.39, 0.29) is 18.6 Å². The van der Waals surface area contributed by atoms with Crippen molar-refractivity contribution in [1.82, 2.24) is 4.90 Å². The van der Waals surface area contributed by atoms with E-state index in [4.69, 9.17) is 10.5 Å². The van der Waals surface area contributed by atoms with E-state index in [9.17, 15) is 4.79 Å². The zero-order chi connectivity index (χ0) is 12.1. The van der Waals surface area contributed by atoms with Gasteiger partial charge in [-0.2, -0.15) is 0 Å². The first-order valence-corrected chi connectivity index (χ1v) is 5.95. The molecule has 0 bridgehead atoms. The van der Waals surface area contributed by atoms with E-state index in [1.807, 2.05) is 35.2 Å². The molecule has 1 aromatic carbocycles. The number of nitrogens with two attached hydrogens (primary N) is 1. The van der Waals surface area contributed by atoms with Crippen LogP contribution in [-0.2, 0) is 9.53 Å². The van der Waals surface area contributed by atoms with Crippen molar-refractivity contribution in [2.24, 2.45) is 5.73 Å². The van der Waals surface area contributed by atoms with Crippen molar-refractivity contribution >= 4 is 5.91 Å². The average molecular weight is 234 g/mol. The van der Waals surface area contributed by atoms with E-state index in [0.717, 1.165) is 18.5 Å². The molecule has 0 spiro atoms. The third-order valence-electron chi connectivity index (χ3n) is 2.95. The number of carbonyl (C=O) groups is 1. The molecular weight excluding hydrogens is 216 g/mol. The minimum Gasteiger partial charge on any atom is -0.362 e. The molecule has 1 unspecified atom stereocenters. The van der Waals surface area contributed by atoms with Crippen molar-refractivity contribution < 1.29 is 9.53 Å². The molecule has 1 saturated heterocycles. The van der Waals surface area contributed by atoms with Crippen molar-refractivity contribution in [2.75, 3.05) is 26.2 Å². The number of benzene rings is 1. The number of rotatable bonds is 4. The third-order valence-corrected chi connectivity index (χ3v) is 2.95. The van der Waals surface area contributed by atoms with Gasteiger partial charge in [-0.25, -0.2) is 0 Å². The molecule has 0 radical (unpaired) electrons. The van der Waals surface area contributed by atoms with Crippen molar-refractivity contribution in [2.45, 2.75) is 12.5 Å². The summed E-state index contributed by atoms with van der Waals surface area (Å²) < 4.78 is 5.56. The highest BCUT2D eigenvalue weighted by Crippen LogP contribution is 2.22. The van der Waals surface area contributed by atoms with Gasteiger partial charge in [0.1, 0.15) is 12.7 Å². The molecule has 1 amide bonds. The Hall–Kier alpha value is -1.39. The van der Waals surface area contributed by atoms with Crippen LogP contribution in [0.3, 0.4) is 0 Å². The fourth-order valence-electron chi connectivity index (χ4n) is 1.99. The molecule has 17 heavy (non-hydrogen) atoms. The topological polar surface area (TPSA) is 55.6 Å². The summed E-state index contributed by atoms with van der Waals surface area (Å²) in [6.45, 7) is 2.13.